The van der Waals surface area contributed by atoms with Crippen LogP contribution in [-0.2, 0) is 9.53 Å². The van der Waals surface area contributed by atoms with Crippen molar-refractivity contribution in [1.82, 2.24) is 10.2 Å². The molecule has 0 radical (unpaired) electrons. The van der Waals surface area contributed by atoms with Gasteiger partial charge in [0, 0.05) is 19.5 Å². The Kier molecular flexibility index (Phi) is 5.36. The number of hydrogen-bond donors (Lipinski definition) is 1. The van der Waals surface area contributed by atoms with Crippen LogP contribution in [0.3, 0.4) is 0 Å². The fraction of sp³-hybridized carbons (Fsp3) is 0.533. The standard InChI is InChI=1S/C15H22N2O2/c1-2-16-9-8-15(18)17-10-11-19-14(12-17)13-6-4-3-5-7-13/h3-7,14,16H,2,8-12H2,1H3. The Morgan fingerprint density at radius 1 is 1.42 bits per heavy atom. The minimum atomic E-state index is 0.0121. The molecule has 19 heavy (non-hydrogen) atoms. The molecular weight excluding hydrogens is 240 g/mol. The van der Waals surface area contributed by atoms with Gasteiger partial charge in [0.25, 0.3) is 0 Å². The van der Waals surface area contributed by atoms with E-state index in [1.54, 1.807) is 0 Å². The number of nitrogens with one attached hydrogen (secondary N) is 1. The third-order valence-corrected chi connectivity index (χ3v) is 3.36. The van der Waals surface area contributed by atoms with Gasteiger partial charge in [-0.3, -0.25) is 4.79 Å². The molecule has 0 bridgehead atoms. The van der Waals surface area contributed by atoms with Crippen molar-refractivity contribution in [2.24, 2.45) is 0 Å². The molecule has 1 fully saturated rings. The van der Waals surface area contributed by atoms with Crippen molar-refractivity contribution >= 4 is 5.91 Å². The first-order valence-electron chi connectivity index (χ1n) is 6.96. The molecule has 1 amide bonds. The van der Waals surface area contributed by atoms with Crippen LogP contribution in [0.2, 0.25) is 0 Å². The van der Waals surface area contributed by atoms with E-state index in [-0.39, 0.29) is 12.0 Å². The van der Waals surface area contributed by atoms with Gasteiger partial charge in [-0.05, 0) is 12.1 Å². The maximum absolute atomic E-state index is 12.1. The number of amides is 1. The number of benzene rings is 1. The van der Waals surface area contributed by atoms with E-state index in [4.69, 9.17) is 4.74 Å². The zero-order valence-corrected chi connectivity index (χ0v) is 11.5. The van der Waals surface area contributed by atoms with Crippen LogP contribution in [-0.4, -0.2) is 43.6 Å². The molecule has 1 N–H and O–H groups in total. The van der Waals surface area contributed by atoms with Gasteiger partial charge in [0.1, 0.15) is 6.10 Å². The summed E-state index contributed by atoms with van der Waals surface area (Å²) in [6, 6.07) is 10.1. The monoisotopic (exact) mass is 262 g/mol. The number of rotatable bonds is 5. The predicted molar refractivity (Wildman–Crippen MR) is 74.9 cm³/mol. The summed E-state index contributed by atoms with van der Waals surface area (Å²) >= 11 is 0. The molecule has 1 aromatic carbocycles. The molecule has 0 aromatic heterocycles. The molecule has 1 heterocycles. The first kappa shape index (κ1) is 14.0. The molecule has 2 rings (SSSR count). The Morgan fingerprint density at radius 2 is 2.21 bits per heavy atom. The highest BCUT2D eigenvalue weighted by Gasteiger charge is 2.24. The van der Waals surface area contributed by atoms with E-state index in [1.165, 1.54) is 0 Å². The van der Waals surface area contributed by atoms with E-state index in [0.717, 1.165) is 18.7 Å². The predicted octanol–water partition coefficient (Wildman–Crippen LogP) is 1.59. The second-order valence-corrected chi connectivity index (χ2v) is 4.71. The van der Waals surface area contributed by atoms with E-state index < -0.39 is 0 Å². The average Bonchev–Trinajstić information content (AvgIpc) is 2.48. The zero-order chi connectivity index (χ0) is 13.5. The van der Waals surface area contributed by atoms with Crippen molar-refractivity contribution in [2.75, 3.05) is 32.8 Å². The van der Waals surface area contributed by atoms with Crippen molar-refractivity contribution < 1.29 is 9.53 Å². The van der Waals surface area contributed by atoms with Gasteiger partial charge in [-0.15, -0.1) is 0 Å². The Labute approximate surface area is 114 Å². The van der Waals surface area contributed by atoms with E-state index in [1.807, 2.05) is 30.0 Å². The minimum absolute atomic E-state index is 0.0121. The molecule has 1 atom stereocenters. The SMILES string of the molecule is CCNCCC(=O)N1CCOC(c2ccccc2)C1. The summed E-state index contributed by atoms with van der Waals surface area (Å²) in [5.74, 6) is 0.213. The number of carbonyl (C=O) groups is 1. The van der Waals surface area contributed by atoms with E-state index >= 15 is 0 Å². The van der Waals surface area contributed by atoms with Gasteiger partial charge >= 0.3 is 0 Å². The van der Waals surface area contributed by atoms with Crippen LogP contribution in [0.1, 0.15) is 25.0 Å². The summed E-state index contributed by atoms with van der Waals surface area (Å²) in [4.78, 5) is 14.0. The molecule has 1 aliphatic rings. The van der Waals surface area contributed by atoms with Gasteiger partial charge in [0.15, 0.2) is 0 Å². The molecule has 1 saturated heterocycles. The largest absolute Gasteiger partial charge is 0.370 e. The van der Waals surface area contributed by atoms with Crippen LogP contribution < -0.4 is 5.32 Å². The van der Waals surface area contributed by atoms with E-state index in [2.05, 4.69) is 17.4 Å². The van der Waals surface area contributed by atoms with Gasteiger partial charge in [0.05, 0.1) is 13.2 Å². The Bertz CT molecular complexity index is 394. The number of morpholine rings is 1. The van der Waals surface area contributed by atoms with Gasteiger partial charge in [-0.1, -0.05) is 37.3 Å². The lowest BCUT2D eigenvalue weighted by Crippen LogP contribution is -2.43. The Hall–Kier alpha value is -1.39. The van der Waals surface area contributed by atoms with E-state index in [0.29, 0.717) is 26.1 Å². The maximum atomic E-state index is 12.1. The summed E-state index contributed by atoms with van der Waals surface area (Å²) in [6.07, 6.45) is 0.577. The normalized spacial score (nSPS) is 19.4. The topological polar surface area (TPSA) is 41.6 Å². The van der Waals surface area contributed by atoms with Gasteiger partial charge in [0.2, 0.25) is 5.91 Å². The number of nitrogens with zero attached hydrogens (tertiary/aromatic N) is 1. The smallest absolute Gasteiger partial charge is 0.224 e. The fourth-order valence-electron chi connectivity index (χ4n) is 2.28. The van der Waals surface area contributed by atoms with Crippen LogP contribution in [0, 0.1) is 0 Å². The lowest BCUT2D eigenvalue weighted by molar-refractivity contribution is -0.138. The van der Waals surface area contributed by atoms with Gasteiger partial charge in [-0.2, -0.15) is 0 Å². The van der Waals surface area contributed by atoms with Crippen molar-refractivity contribution in [3.63, 3.8) is 0 Å². The minimum Gasteiger partial charge on any atom is -0.370 e. The number of carbonyl (C=O) groups excluding carboxylic acids is 1. The summed E-state index contributed by atoms with van der Waals surface area (Å²) in [5.41, 5.74) is 1.15. The second kappa shape index (κ2) is 7.26. The molecule has 0 aliphatic carbocycles. The van der Waals surface area contributed by atoms with Crippen molar-refractivity contribution in [3.05, 3.63) is 35.9 Å². The second-order valence-electron chi connectivity index (χ2n) is 4.71. The van der Waals surface area contributed by atoms with Crippen LogP contribution in [0.5, 0.6) is 0 Å². The molecule has 104 valence electrons. The quantitative estimate of drug-likeness (QED) is 0.819. The molecule has 4 nitrogen and oxygen atoms in total. The number of ether oxygens (including phenoxy) is 1. The third kappa shape index (κ3) is 4.04. The molecule has 1 unspecified atom stereocenters. The van der Waals surface area contributed by atoms with Crippen LogP contribution in [0.25, 0.3) is 0 Å². The highest BCUT2D eigenvalue weighted by atomic mass is 16.5. The zero-order valence-electron chi connectivity index (χ0n) is 11.5. The first-order chi connectivity index (χ1) is 9.31. The molecule has 0 saturated carbocycles. The summed E-state index contributed by atoms with van der Waals surface area (Å²) in [5, 5.41) is 3.18. The highest BCUT2D eigenvalue weighted by molar-refractivity contribution is 5.76. The maximum Gasteiger partial charge on any atom is 0.224 e. The van der Waals surface area contributed by atoms with Crippen LogP contribution in [0.15, 0.2) is 30.3 Å². The first-order valence-corrected chi connectivity index (χ1v) is 6.96. The van der Waals surface area contributed by atoms with Crippen molar-refractivity contribution in [2.45, 2.75) is 19.4 Å². The molecule has 4 heteroatoms. The third-order valence-electron chi connectivity index (χ3n) is 3.36. The molecule has 0 spiro atoms. The van der Waals surface area contributed by atoms with Crippen molar-refractivity contribution in [3.8, 4) is 0 Å². The molecule has 1 aromatic rings. The van der Waals surface area contributed by atoms with Crippen LogP contribution in [0.4, 0.5) is 0 Å². The fourth-order valence-corrected chi connectivity index (χ4v) is 2.28. The van der Waals surface area contributed by atoms with Gasteiger partial charge < -0.3 is 15.0 Å². The summed E-state index contributed by atoms with van der Waals surface area (Å²) in [7, 11) is 0. The van der Waals surface area contributed by atoms with Gasteiger partial charge in [-0.25, -0.2) is 0 Å². The highest BCUT2D eigenvalue weighted by Crippen LogP contribution is 2.22. The van der Waals surface area contributed by atoms with E-state index in [9.17, 15) is 4.79 Å². The average molecular weight is 262 g/mol. The lowest BCUT2D eigenvalue weighted by atomic mass is 10.1. The van der Waals surface area contributed by atoms with Crippen LogP contribution >= 0.6 is 0 Å². The molecular formula is C15H22N2O2. The summed E-state index contributed by atoms with van der Waals surface area (Å²) in [6.45, 7) is 5.69. The number of hydrogen-bond acceptors (Lipinski definition) is 3. The summed E-state index contributed by atoms with van der Waals surface area (Å²) < 4.78 is 5.76. The Morgan fingerprint density at radius 3 is 2.95 bits per heavy atom. The van der Waals surface area contributed by atoms with Crippen molar-refractivity contribution in [1.29, 1.82) is 0 Å². The molecule has 1 aliphatic heterocycles. The Balaban J connectivity index is 1.88. The lowest BCUT2D eigenvalue weighted by Gasteiger charge is -2.33.